The molecule has 0 radical (unpaired) electrons. The Labute approximate surface area is 199 Å². The van der Waals surface area contributed by atoms with Crippen molar-refractivity contribution in [3.8, 4) is 0 Å². The smallest absolute Gasteiger partial charge is 0.326 e. The lowest BCUT2D eigenvalue weighted by Crippen LogP contribution is -2.35. The summed E-state index contributed by atoms with van der Waals surface area (Å²) >= 11 is 1.72. The van der Waals surface area contributed by atoms with Crippen molar-refractivity contribution in [3.63, 3.8) is 0 Å². The zero-order valence-corrected chi connectivity index (χ0v) is 19.7. The number of fused-ring (bicyclic) bond motifs is 1. The molecule has 3 aromatic carbocycles. The van der Waals surface area contributed by atoms with Gasteiger partial charge in [-0.3, -0.25) is 9.69 Å². The van der Waals surface area contributed by atoms with Gasteiger partial charge in [0.05, 0.1) is 0 Å². The van der Waals surface area contributed by atoms with Gasteiger partial charge >= 0.3 is 6.03 Å². The first-order valence-electron chi connectivity index (χ1n) is 11.3. The molecule has 0 fully saturated rings. The van der Waals surface area contributed by atoms with E-state index in [-0.39, 0.29) is 11.9 Å². The number of urea groups is 1. The van der Waals surface area contributed by atoms with Gasteiger partial charge in [0, 0.05) is 34.9 Å². The summed E-state index contributed by atoms with van der Waals surface area (Å²) in [6, 6.07) is 23.4. The van der Waals surface area contributed by atoms with E-state index in [1.807, 2.05) is 23.1 Å². The molecule has 1 heterocycles. The number of hydrogen-bond donors (Lipinski definition) is 2. The predicted octanol–water partition coefficient (Wildman–Crippen LogP) is 5.76. The number of amides is 3. The molecule has 33 heavy (non-hydrogen) atoms. The van der Waals surface area contributed by atoms with Gasteiger partial charge in [0.15, 0.2) is 0 Å². The van der Waals surface area contributed by atoms with Crippen LogP contribution >= 0.6 is 11.8 Å². The normalized spacial score (nSPS) is 13.1. The average Bonchev–Trinajstić information content (AvgIpc) is 3.07. The van der Waals surface area contributed by atoms with Crippen LogP contribution < -0.4 is 15.5 Å². The summed E-state index contributed by atoms with van der Waals surface area (Å²) in [5.74, 6) is -0.116. The third kappa shape index (κ3) is 5.96. The number of anilines is 2. The molecule has 0 unspecified atom stereocenters. The summed E-state index contributed by atoms with van der Waals surface area (Å²) < 4.78 is 0. The van der Waals surface area contributed by atoms with Crippen molar-refractivity contribution in [1.82, 2.24) is 5.32 Å². The van der Waals surface area contributed by atoms with E-state index in [0.717, 1.165) is 31.4 Å². The van der Waals surface area contributed by atoms with Crippen LogP contribution in [0.25, 0.3) is 0 Å². The Kier molecular flexibility index (Phi) is 7.68. The zero-order chi connectivity index (χ0) is 23.0. The van der Waals surface area contributed by atoms with Crippen molar-refractivity contribution in [1.29, 1.82) is 0 Å². The molecule has 4 rings (SSSR count). The maximum Gasteiger partial charge on any atom is 0.326 e. The summed E-state index contributed by atoms with van der Waals surface area (Å²) in [6.07, 6.45) is 5.88. The number of benzene rings is 3. The molecule has 170 valence electrons. The minimum absolute atomic E-state index is 0.116. The van der Waals surface area contributed by atoms with Gasteiger partial charge in [-0.2, -0.15) is 0 Å². The molecule has 1 aliphatic rings. The van der Waals surface area contributed by atoms with Gasteiger partial charge in [-0.05, 0) is 85.5 Å². The number of aryl methyl sites for hydroxylation is 1. The zero-order valence-electron chi connectivity index (χ0n) is 18.8. The molecule has 6 heteroatoms. The van der Waals surface area contributed by atoms with Gasteiger partial charge in [-0.25, -0.2) is 4.79 Å². The van der Waals surface area contributed by atoms with Gasteiger partial charge in [-0.15, -0.1) is 11.8 Å². The largest absolute Gasteiger partial charge is 0.352 e. The van der Waals surface area contributed by atoms with Crippen molar-refractivity contribution >= 4 is 35.1 Å². The Morgan fingerprint density at radius 1 is 0.939 bits per heavy atom. The van der Waals surface area contributed by atoms with Crippen LogP contribution in [-0.2, 0) is 12.8 Å². The van der Waals surface area contributed by atoms with E-state index < -0.39 is 0 Å². The molecule has 2 N–H and O–H groups in total. The Morgan fingerprint density at radius 2 is 1.70 bits per heavy atom. The number of nitrogens with zero attached hydrogens (tertiary/aromatic N) is 1. The van der Waals surface area contributed by atoms with Crippen LogP contribution in [0.5, 0.6) is 0 Å². The first-order chi connectivity index (χ1) is 16.1. The second-order valence-corrected chi connectivity index (χ2v) is 8.98. The van der Waals surface area contributed by atoms with E-state index in [1.165, 1.54) is 16.0 Å². The minimum atomic E-state index is -0.144. The first-order valence-corrected chi connectivity index (χ1v) is 12.5. The summed E-state index contributed by atoms with van der Waals surface area (Å²) in [7, 11) is 0. The minimum Gasteiger partial charge on any atom is -0.352 e. The first kappa shape index (κ1) is 22.9. The van der Waals surface area contributed by atoms with Crippen LogP contribution in [-0.4, -0.2) is 31.3 Å². The molecule has 0 bridgehead atoms. The SMILES string of the molecule is CSc1ccc(CCNC(=O)c2ccc(NC(=O)N3CCCCc4ccccc43)cc2)cc1. The highest BCUT2D eigenvalue weighted by Crippen LogP contribution is 2.26. The van der Waals surface area contributed by atoms with Gasteiger partial charge < -0.3 is 10.6 Å². The third-order valence-electron chi connectivity index (χ3n) is 5.86. The highest BCUT2D eigenvalue weighted by molar-refractivity contribution is 7.98. The van der Waals surface area contributed by atoms with E-state index in [0.29, 0.717) is 24.3 Å². The number of thioether (sulfide) groups is 1. The van der Waals surface area contributed by atoms with E-state index in [4.69, 9.17) is 0 Å². The van der Waals surface area contributed by atoms with E-state index >= 15 is 0 Å². The lowest BCUT2D eigenvalue weighted by atomic mass is 10.1. The van der Waals surface area contributed by atoms with E-state index in [9.17, 15) is 9.59 Å². The molecular weight excluding hydrogens is 430 g/mol. The summed E-state index contributed by atoms with van der Waals surface area (Å²) in [5, 5.41) is 5.94. The van der Waals surface area contributed by atoms with Crippen LogP contribution in [0.2, 0.25) is 0 Å². The van der Waals surface area contributed by atoms with E-state index in [2.05, 4.69) is 47.2 Å². The Hall–Kier alpha value is -3.25. The van der Waals surface area contributed by atoms with Gasteiger partial charge in [-0.1, -0.05) is 30.3 Å². The molecule has 0 atom stereocenters. The number of hydrogen-bond acceptors (Lipinski definition) is 3. The maximum atomic E-state index is 13.0. The number of para-hydroxylation sites is 1. The fraction of sp³-hybridized carbons (Fsp3) is 0.259. The molecule has 0 spiro atoms. The fourth-order valence-corrected chi connectivity index (χ4v) is 4.42. The van der Waals surface area contributed by atoms with Crippen LogP contribution in [0.1, 0.15) is 34.3 Å². The number of carbonyl (C=O) groups is 2. The van der Waals surface area contributed by atoms with Crippen molar-refractivity contribution in [2.75, 3.05) is 29.6 Å². The Balaban J connectivity index is 1.31. The Morgan fingerprint density at radius 3 is 2.45 bits per heavy atom. The van der Waals surface area contributed by atoms with Crippen LogP contribution in [0.15, 0.2) is 77.7 Å². The van der Waals surface area contributed by atoms with E-state index in [1.54, 1.807) is 36.0 Å². The summed E-state index contributed by atoms with van der Waals surface area (Å²) in [5.41, 5.74) is 4.63. The topological polar surface area (TPSA) is 61.4 Å². The number of carbonyl (C=O) groups excluding carboxylic acids is 2. The lowest BCUT2D eigenvalue weighted by Gasteiger charge is -2.23. The Bertz CT molecular complexity index is 1100. The molecule has 0 aliphatic carbocycles. The second kappa shape index (κ2) is 11.1. The number of nitrogens with one attached hydrogen (secondary N) is 2. The fourth-order valence-electron chi connectivity index (χ4n) is 4.01. The lowest BCUT2D eigenvalue weighted by molar-refractivity contribution is 0.0954. The highest BCUT2D eigenvalue weighted by atomic mass is 32.2. The van der Waals surface area contributed by atoms with Crippen LogP contribution in [0.4, 0.5) is 16.2 Å². The van der Waals surface area contributed by atoms with Crippen molar-refractivity contribution in [2.24, 2.45) is 0 Å². The summed E-state index contributed by atoms with van der Waals surface area (Å²) in [4.78, 5) is 28.5. The van der Waals surface area contributed by atoms with Crippen molar-refractivity contribution in [2.45, 2.75) is 30.6 Å². The molecule has 0 saturated heterocycles. The second-order valence-electron chi connectivity index (χ2n) is 8.10. The quantitative estimate of drug-likeness (QED) is 0.461. The molecule has 3 amide bonds. The molecule has 3 aromatic rings. The van der Waals surface area contributed by atoms with Crippen molar-refractivity contribution in [3.05, 3.63) is 89.5 Å². The molecule has 1 aliphatic heterocycles. The van der Waals surface area contributed by atoms with Gasteiger partial charge in [0.1, 0.15) is 0 Å². The molecule has 0 saturated carbocycles. The maximum absolute atomic E-state index is 13.0. The highest BCUT2D eigenvalue weighted by Gasteiger charge is 2.21. The average molecular weight is 460 g/mol. The summed E-state index contributed by atoms with van der Waals surface area (Å²) in [6.45, 7) is 1.27. The van der Waals surface area contributed by atoms with Gasteiger partial charge in [0.25, 0.3) is 5.91 Å². The van der Waals surface area contributed by atoms with Crippen molar-refractivity contribution < 1.29 is 9.59 Å². The van der Waals surface area contributed by atoms with Crippen LogP contribution in [0, 0.1) is 0 Å². The number of rotatable bonds is 6. The standard InChI is InChI=1S/C27H29N3O2S/c1-33-24-15-9-20(10-16-24)17-18-28-26(31)22-11-13-23(14-12-22)29-27(32)30-19-5-4-7-21-6-2-3-8-25(21)30/h2-3,6,8-16H,4-5,7,17-19H2,1H3,(H,28,31)(H,29,32). The molecule has 0 aromatic heterocycles. The third-order valence-corrected chi connectivity index (χ3v) is 6.61. The monoisotopic (exact) mass is 459 g/mol. The molecular formula is C27H29N3O2S. The van der Waals surface area contributed by atoms with Gasteiger partial charge in [0.2, 0.25) is 0 Å². The predicted molar refractivity (Wildman–Crippen MR) is 136 cm³/mol. The molecule has 5 nitrogen and oxygen atoms in total. The van der Waals surface area contributed by atoms with Crippen LogP contribution in [0.3, 0.4) is 0 Å².